The van der Waals surface area contributed by atoms with Gasteiger partial charge in [-0.1, -0.05) is 36.0 Å². The average molecular weight is 383 g/mol. The number of rotatable bonds is 5. The van der Waals surface area contributed by atoms with Crippen molar-refractivity contribution in [3.63, 3.8) is 0 Å². The Balaban J connectivity index is 1.41. The normalized spacial score (nSPS) is 11.0. The molecule has 9 heteroatoms. The summed E-state index contributed by atoms with van der Waals surface area (Å²) in [5, 5.41) is 11.3. The van der Waals surface area contributed by atoms with E-state index >= 15 is 0 Å². The van der Waals surface area contributed by atoms with Gasteiger partial charge in [0.05, 0.1) is 23.2 Å². The summed E-state index contributed by atoms with van der Waals surface area (Å²) in [6, 6.07) is 13.3. The summed E-state index contributed by atoms with van der Waals surface area (Å²) in [5.41, 5.74) is 4.04. The number of hydrogen-bond donors (Lipinski definition) is 1. The quantitative estimate of drug-likeness (QED) is 0.524. The Labute approximate surface area is 157 Å². The predicted molar refractivity (Wildman–Crippen MR) is 101 cm³/mol. The maximum atomic E-state index is 12.2. The highest BCUT2D eigenvalue weighted by Crippen LogP contribution is 2.26. The van der Waals surface area contributed by atoms with Crippen LogP contribution in [0.3, 0.4) is 0 Å². The number of anilines is 1. The highest BCUT2D eigenvalue weighted by atomic mass is 32.2. The molecule has 4 rings (SSSR count). The summed E-state index contributed by atoms with van der Waals surface area (Å²) >= 11 is 2.31. The van der Waals surface area contributed by atoms with Gasteiger partial charge in [-0.05, 0) is 30.7 Å². The zero-order chi connectivity index (χ0) is 17.9. The Bertz CT molecular complexity index is 1080. The van der Waals surface area contributed by atoms with Crippen LogP contribution >= 0.6 is 23.5 Å². The second kappa shape index (κ2) is 7.22. The first-order valence-corrected chi connectivity index (χ1v) is 9.46. The fourth-order valence-corrected chi connectivity index (χ4v) is 3.52. The molecule has 2 aromatic heterocycles. The minimum Gasteiger partial charge on any atom is -0.411 e. The Morgan fingerprint density at radius 1 is 1.15 bits per heavy atom. The van der Waals surface area contributed by atoms with Crippen molar-refractivity contribution in [1.29, 1.82) is 0 Å². The van der Waals surface area contributed by atoms with Gasteiger partial charge in [-0.15, -0.1) is 10.2 Å². The SMILES string of the molecule is Cc1ccccc1-c1nnc(SCC(=O)Nc2cccc3nsnc23)o1. The monoisotopic (exact) mass is 383 g/mol. The summed E-state index contributed by atoms with van der Waals surface area (Å²) in [5.74, 6) is 0.430. The molecule has 7 nitrogen and oxygen atoms in total. The molecule has 0 fully saturated rings. The molecule has 0 spiro atoms. The van der Waals surface area contributed by atoms with Crippen molar-refractivity contribution in [2.45, 2.75) is 12.1 Å². The second-order valence-corrected chi connectivity index (χ2v) is 6.92. The predicted octanol–water partition coefficient (Wildman–Crippen LogP) is 3.78. The number of nitrogens with zero attached hydrogens (tertiary/aromatic N) is 4. The molecule has 0 saturated heterocycles. The van der Waals surface area contributed by atoms with Gasteiger partial charge in [-0.25, -0.2) is 0 Å². The lowest BCUT2D eigenvalue weighted by Gasteiger charge is -2.04. The maximum Gasteiger partial charge on any atom is 0.277 e. The number of amides is 1. The van der Waals surface area contributed by atoms with Crippen molar-refractivity contribution in [2.75, 3.05) is 11.1 Å². The van der Waals surface area contributed by atoms with Crippen molar-refractivity contribution in [3.05, 3.63) is 48.0 Å². The van der Waals surface area contributed by atoms with Crippen molar-refractivity contribution < 1.29 is 9.21 Å². The van der Waals surface area contributed by atoms with Gasteiger partial charge in [0.2, 0.25) is 11.8 Å². The molecule has 0 atom stereocenters. The van der Waals surface area contributed by atoms with Crippen molar-refractivity contribution in [3.8, 4) is 11.5 Å². The van der Waals surface area contributed by atoms with Gasteiger partial charge in [-0.3, -0.25) is 4.79 Å². The number of carbonyl (C=O) groups is 1. The smallest absolute Gasteiger partial charge is 0.277 e. The molecule has 4 aromatic rings. The number of hydrogen-bond acceptors (Lipinski definition) is 8. The fourth-order valence-electron chi connectivity index (χ4n) is 2.41. The Morgan fingerprint density at radius 3 is 2.92 bits per heavy atom. The van der Waals surface area contributed by atoms with Gasteiger partial charge in [0, 0.05) is 5.56 Å². The first-order valence-electron chi connectivity index (χ1n) is 7.74. The standard InChI is InChI=1S/C17H13N5O2S2/c1-10-5-2-3-6-11(10)16-19-20-17(24-16)25-9-14(23)18-12-7-4-8-13-15(12)22-26-21-13/h2-8H,9H2,1H3,(H,18,23). The van der Waals surface area contributed by atoms with Gasteiger partial charge in [0.15, 0.2) is 0 Å². The van der Waals surface area contributed by atoms with Crippen LogP contribution in [-0.4, -0.2) is 30.6 Å². The van der Waals surface area contributed by atoms with Crippen LogP contribution in [0.5, 0.6) is 0 Å². The van der Waals surface area contributed by atoms with Gasteiger partial charge < -0.3 is 9.73 Å². The molecule has 1 amide bonds. The lowest BCUT2D eigenvalue weighted by molar-refractivity contribution is -0.113. The molecule has 0 saturated carbocycles. The maximum absolute atomic E-state index is 12.2. The number of aromatic nitrogens is 4. The molecule has 0 unspecified atom stereocenters. The molecule has 0 radical (unpaired) electrons. The third kappa shape index (κ3) is 3.44. The van der Waals surface area contributed by atoms with E-state index < -0.39 is 0 Å². The number of aryl methyl sites for hydroxylation is 1. The molecule has 2 aromatic carbocycles. The summed E-state index contributed by atoms with van der Waals surface area (Å²) in [7, 11) is 0. The minimum absolute atomic E-state index is 0.156. The van der Waals surface area contributed by atoms with E-state index in [0.717, 1.165) is 28.4 Å². The van der Waals surface area contributed by atoms with E-state index in [9.17, 15) is 4.79 Å². The van der Waals surface area contributed by atoms with E-state index in [1.165, 1.54) is 11.8 Å². The topological polar surface area (TPSA) is 93.8 Å². The zero-order valence-electron chi connectivity index (χ0n) is 13.7. The van der Waals surface area contributed by atoms with Crippen LogP contribution < -0.4 is 5.32 Å². The molecular formula is C17H13N5O2S2. The van der Waals surface area contributed by atoms with Crippen LogP contribution in [-0.2, 0) is 4.79 Å². The van der Waals surface area contributed by atoms with E-state index in [4.69, 9.17) is 4.42 Å². The van der Waals surface area contributed by atoms with E-state index in [0.29, 0.717) is 22.3 Å². The third-order valence-corrected chi connectivity index (χ3v) is 5.03. The van der Waals surface area contributed by atoms with Crippen LogP contribution in [0.15, 0.2) is 52.1 Å². The molecule has 2 heterocycles. The Morgan fingerprint density at radius 2 is 2.04 bits per heavy atom. The van der Waals surface area contributed by atoms with Crippen molar-refractivity contribution >= 4 is 46.1 Å². The molecule has 26 heavy (non-hydrogen) atoms. The van der Waals surface area contributed by atoms with E-state index in [1.807, 2.05) is 43.3 Å². The molecule has 0 aliphatic heterocycles. The summed E-state index contributed by atoms with van der Waals surface area (Å²) < 4.78 is 14.0. The third-order valence-electron chi connectivity index (χ3n) is 3.67. The molecule has 130 valence electrons. The van der Waals surface area contributed by atoms with Gasteiger partial charge in [0.25, 0.3) is 5.22 Å². The minimum atomic E-state index is -0.175. The van der Waals surface area contributed by atoms with E-state index in [2.05, 4.69) is 24.3 Å². The van der Waals surface area contributed by atoms with Crippen LogP contribution in [0.2, 0.25) is 0 Å². The zero-order valence-corrected chi connectivity index (χ0v) is 15.3. The second-order valence-electron chi connectivity index (χ2n) is 5.46. The molecule has 0 aliphatic rings. The van der Waals surface area contributed by atoms with Gasteiger partial charge in [-0.2, -0.15) is 8.75 Å². The number of nitrogens with one attached hydrogen (secondary N) is 1. The summed E-state index contributed by atoms with van der Waals surface area (Å²) in [6.45, 7) is 1.98. The number of carbonyl (C=O) groups excluding carboxylic acids is 1. The Kier molecular flexibility index (Phi) is 4.63. The number of fused-ring (bicyclic) bond motifs is 1. The summed E-state index contributed by atoms with van der Waals surface area (Å²) in [6.07, 6.45) is 0. The summed E-state index contributed by atoms with van der Waals surface area (Å²) in [4.78, 5) is 12.2. The van der Waals surface area contributed by atoms with Crippen LogP contribution in [0, 0.1) is 6.92 Å². The number of thioether (sulfide) groups is 1. The van der Waals surface area contributed by atoms with Crippen LogP contribution in [0.25, 0.3) is 22.5 Å². The fraction of sp³-hybridized carbons (Fsp3) is 0.118. The van der Waals surface area contributed by atoms with Crippen LogP contribution in [0.1, 0.15) is 5.56 Å². The lowest BCUT2D eigenvalue weighted by atomic mass is 10.1. The number of benzene rings is 2. The largest absolute Gasteiger partial charge is 0.411 e. The first kappa shape index (κ1) is 16.7. The van der Waals surface area contributed by atoms with E-state index in [1.54, 1.807) is 6.07 Å². The van der Waals surface area contributed by atoms with Crippen molar-refractivity contribution in [2.24, 2.45) is 0 Å². The van der Waals surface area contributed by atoms with Crippen molar-refractivity contribution in [1.82, 2.24) is 18.9 Å². The first-order chi connectivity index (χ1) is 12.7. The molecular weight excluding hydrogens is 370 g/mol. The molecule has 0 bridgehead atoms. The van der Waals surface area contributed by atoms with E-state index in [-0.39, 0.29) is 11.7 Å². The average Bonchev–Trinajstić information content (AvgIpc) is 3.30. The lowest BCUT2D eigenvalue weighted by Crippen LogP contribution is -2.14. The highest BCUT2D eigenvalue weighted by molar-refractivity contribution is 7.99. The molecule has 1 N–H and O–H groups in total. The van der Waals surface area contributed by atoms with Gasteiger partial charge >= 0.3 is 0 Å². The molecule has 0 aliphatic carbocycles. The van der Waals surface area contributed by atoms with Crippen LogP contribution in [0.4, 0.5) is 5.69 Å². The highest BCUT2D eigenvalue weighted by Gasteiger charge is 2.14. The Hall–Kier alpha value is -2.78. The van der Waals surface area contributed by atoms with Gasteiger partial charge in [0.1, 0.15) is 11.0 Å².